The number of fused-ring (bicyclic) bond motifs is 10. The number of pyridine rings is 1. The van der Waals surface area contributed by atoms with E-state index < -0.39 is 0 Å². The lowest BCUT2D eigenvalue weighted by molar-refractivity contribution is 0.483. The normalized spacial score (nSPS) is 12.9. The SMILES string of the molecule is [C-]#[N+]c1cc(Oc2ccc3c4ccccc4n(-c4cc(C(C)(C)C)ccn4)c3c2)cc(N2Cn3c4c(-c5cc(C(C)(C)C)cc(C(C)(C)C)c5)cccc4c4ccccc4c4ccccc4c4cccc2c43)c1. The van der Waals surface area contributed by atoms with E-state index in [1.807, 2.05) is 24.4 Å². The molecule has 6 nitrogen and oxygen atoms in total. The highest BCUT2D eigenvalue weighted by Crippen LogP contribution is 2.47. The summed E-state index contributed by atoms with van der Waals surface area (Å²) in [5.41, 5.74) is 12.8. The van der Waals surface area contributed by atoms with E-state index in [4.69, 9.17) is 16.3 Å². The number of rotatable bonds is 5. The van der Waals surface area contributed by atoms with Crippen molar-refractivity contribution in [3.8, 4) is 28.4 Å². The number of hydrogen-bond donors (Lipinski definition) is 0. The average Bonchev–Trinajstić information content (AvgIpc) is 3.94. The van der Waals surface area contributed by atoms with Gasteiger partial charge in [0, 0.05) is 51.1 Å². The summed E-state index contributed by atoms with van der Waals surface area (Å²) < 4.78 is 11.7. The van der Waals surface area contributed by atoms with Crippen LogP contribution in [-0.4, -0.2) is 14.1 Å². The molecule has 0 N–H and O–H groups in total. The molecular weight excluding hydrogens is 891 g/mol. The highest BCUT2D eigenvalue weighted by Gasteiger charge is 2.28. The molecule has 8 aromatic carbocycles. The van der Waals surface area contributed by atoms with Gasteiger partial charge in [0.05, 0.1) is 34.3 Å². The van der Waals surface area contributed by atoms with E-state index in [0.717, 1.165) is 60.8 Å². The van der Waals surface area contributed by atoms with Crippen LogP contribution in [0.4, 0.5) is 17.1 Å². The van der Waals surface area contributed by atoms with Crippen molar-refractivity contribution in [1.29, 1.82) is 0 Å². The Morgan fingerprint density at radius 1 is 0.479 bits per heavy atom. The Kier molecular flexibility index (Phi) is 10.6. The minimum absolute atomic E-state index is 0.0455. The van der Waals surface area contributed by atoms with Crippen LogP contribution in [0.2, 0.25) is 0 Å². The third-order valence-corrected chi connectivity index (χ3v) is 14.9. The van der Waals surface area contributed by atoms with Crippen LogP contribution in [-0.2, 0) is 22.9 Å². The van der Waals surface area contributed by atoms with Crippen LogP contribution in [0.15, 0.2) is 182 Å². The van der Waals surface area contributed by atoms with Crippen LogP contribution in [0, 0.1) is 6.57 Å². The van der Waals surface area contributed by atoms with Crippen LogP contribution < -0.4 is 9.64 Å². The molecular formula is C67H59N5O. The van der Waals surface area contributed by atoms with E-state index in [1.54, 1.807) is 0 Å². The fraction of sp³-hybridized carbons (Fsp3) is 0.194. The Morgan fingerprint density at radius 2 is 1.05 bits per heavy atom. The van der Waals surface area contributed by atoms with E-state index in [0.29, 0.717) is 23.9 Å². The fourth-order valence-electron chi connectivity index (χ4n) is 11.0. The number of benzene rings is 8. The molecule has 11 aromatic rings. The average molecular weight is 950 g/mol. The van der Waals surface area contributed by atoms with Crippen LogP contribution >= 0.6 is 0 Å². The van der Waals surface area contributed by atoms with Gasteiger partial charge in [-0.05, 0) is 109 Å². The maximum Gasteiger partial charge on any atom is 0.192 e. The van der Waals surface area contributed by atoms with Crippen molar-refractivity contribution in [2.45, 2.75) is 85.2 Å². The van der Waals surface area contributed by atoms with Crippen LogP contribution in [0.3, 0.4) is 0 Å². The number of hydrogen-bond acceptors (Lipinski definition) is 3. The topological polar surface area (TPSA) is 39.6 Å². The molecule has 0 radical (unpaired) electrons. The van der Waals surface area contributed by atoms with Gasteiger partial charge in [0.15, 0.2) is 5.69 Å². The van der Waals surface area contributed by atoms with Crippen molar-refractivity contribution < 1.29 is 4.74 Å². The third-order valence-electron chi connectivity index (χ3n) is 14.9. The molecule has 1 aliphatic rings. The predicted octanol–water partition coefficient (Wildman–Crippen LogP) is 18.7. The number of nitrogens with zero attached hydrogens (tertiary/aromatic N) is 5. The number of ether oxygens (including phenoxy) is 1. The summed E-state index contributed by atoms with van der Waals surface area (Å²) in [5.74, 6) is 2.12. The van der Waals surface area contributed by atoms with Crippen molar-refractivity contribution >= 4 is 82.2 Å². The number of anilines is 2. The lowest BCUT2D eigenvalue weighted by Crippen LogP contribution is -2.17. The molecule has 3 aromatic heterocycles. The van der Waals surface area contributed by atoms with Gasteiger partial charge < -0.3 is 14.2 Å². The Bertz CT molecular complexity index is 4150. The smallest absolute Gasteiger partial charge is 0.192 e. The molecule has 0 amide bonds. The van der Waals surface area contributed by atoms with E-state index in [1.165, 1.54) is 49.4 Å². The number of aromatic nitrogens is 3. The van der Waals surface area contributed by atoms with E-state index in [9.17, 15) is 0 Å². The quantitative estimate of drug-likeness (QED) is 0.161. The number of para-hydroxylation sites is 3. The molecule has 0 spiro atoms. The zero-order valence-corrected chi connectivity index (χ0v) is 43.2. The molecule has 73 heavy (non-hydrogen) atoms. The molecule has 4 heterocycles. The fourth-order valence-corrected chi connectivity index (χ4v) is 11.0. The maximum atomic E-state index is 8.41. The Morgan fingerprint density at radius 3 is 1.70 bits per heavy atom. The van der Waals surface area contributed by atoms with Crippen molar-refractivity contribution in [1.82, 2.24) is 14.1 Å². The minimum Gasteiger partial charge on any atom is -0.459 e. The monoisotopic (exact) mass is 949 g/mol. The van der Waals surface area contributed by atoms with Crippen LogP contribution in [0.1, 0.15) is 79.0 Å². The third kappa shape index (κ3) is 7.83. The molecule has 0 fully saturated rings. The summed E-state index contributed by atoms with van der Waals surface area (Å²) in [7, 11) is 0. The first-order chi connectivity index (χ1) is 35.0. The van der Waals surface area contributed by atoms with Crippen molar-refractivity contribution in [3.05, 3.63) is 210 Å². The standard InChI is InChI=1S/C67H59N5O/c1-65(2,3)43-31-32-69-62(36-43)72-59-27-16-15-23-55(59)56-30-29-48(40-61(56)72)73-49-38-46(68-10)37-47(39-49)70-41-71-63-50(42-33-44(66(4,5)6)35-45(34-42)67(7,8)9)24-17-25-57(63)53-21-13-11-19-51(53)52-20-12-14-22-54(52)58-26-18-28-60(70)64(58)71/h11-40H,41H2,1-9H3. The second-order valence-electron chi connectivity index (χ2n) is 22.8. The summed E-state index contributed by atoms with van der Waals surface area (Å²) in [6.45, 7) is 29.5. The summed E-state index contributed by atoms with van der Waals surface area (Å²) >= 11 is 0. The first kappa shape index (κ1) is 45.7. The predicted molar refractivity (Wildman–Crippen MR) is 307 cm³/mol. The highest BCUT2D eigenvalue weighted by atomic mass is 16.5. The van der Waals surface area contributed by atoms with Crippen molar-refractivity contribution in [2.75, 3.05) is 4.90 Å². The molecule has 358 valence electrons. The van der Waals surface area contributed by atoms with E-state index in [-0.39, 0.29) is 16.2 Å². The molecule has 6 heteroatoms. The first-order valence-electron chi connectivity index (χ1n) is 25.4. The molecule has 0 bridgehead atoms. The molecule has 0 atom stereocenters. The zero-order valence-electron chi connectivity index (χ0n) is 43.2. The Labute approximate surface area is 427 Å². The zero-order chi connectivity index (χ0) is 50.6. The van der Waals surface area contributed by atoms with Gasteiger partial charge in [0.25, 0.3) is 0 Å². The molecule has 12 rings (SSSR count). The Balaban J connectivity index is 1.08. The molecule has 0 saturated heterocycles. The van der Waals surface area contributed by atoms with Crippen molar-refractivity contribution in [2.24, 2.45) is 0 Å². The van der Waals surface area contributed by atoms with Gasteiger partial charge in [-0.25, -0.2) is 9.83 Å². The van der Waals surface area contributed by atoms with Gasteiger partial charge in [-0.1, -0.05) is 178 Å². The van der Waals surface area contributed by atoms with Gasteiger partial charge in [-0.3, -0.25) is 4.57 Å². The molecule has 1 aliphatic heterocycles. The summed E-state index contributed by atoms with van der Waals surface area (Å²) in [6, 6.07) is 63.5. The summed E-state index contributed by atoms with van der Waals surface area (Å²) in [5, 5.41) is 9.31. The van der Waals surface area contributed by atoms with Crippen molar-refractivity contribution in [3.63, 3.8) is 0 Å². The Hall–Kier alpha value is -8.40. The van der Waals surface area contributed by atoms with Gasteiger partial charge >= 0.3 is 0 Å². The van der Waals surface area contributed by atoms with Gasteiger partial charge in [0.1, 0.15) is 24.0 Å². The van der Waals surface area contributed by atoms with Crippen LogP contribution in [0.25, 0.3) is 86.9 Å². The second kappa shape index (κ2) is 16.9. The molecule has 0 unspecified atom stereocenters. The maximum absolute atomic E-state index is 8.41. The lowest BCUT2D eigenvalue weighted by Gasteiger charge is -2.27. The second-order valence-corrected chi connectivity index (χ2v) is 22.8. The van der Waals surface area contributed by atoms with E-state index in [2.05, 4.69) is 239 Å². The van der Waals surface area contributed by atoms with E-state index >= 15 is 0 Å². The summed E-state index contributed by atoms with van der Waals surface area (Å²) in [4.78, 5) is 11.3. The lowest BCUT2D eigenvalue weighted by atomic mass is 9.78. The molecule has 0 saturated carbocycles. The van der Waals surface area contributed by atoms with Gasteiger partial charge in [-0.15, -0.1) is 0 Å². The summed E-state index contributed by atoms with van der Waals surface area (Å²) in [6.07, 6.45) is 1.91. The van der Waals surface area contributed by atoms with Crippen LogP contribution in [0.5, 0.6) is 11.5 Å². The largest absolute Gasteiger partial charge is 0.459 e. The molecule has 0 aliphatic carbocycles. The minimum atomic E-state index is -0.0672. The van der Waals surface area contributed by atoms with Gasteiger partial charge in [-0.2, -0.15) is 0 Å². The highest BCUT2D eigenvalue weighted by molar-refractivity contribution is 6.22. The first-order valence-corrected chi connectivity index (χ1v) is 25.4. The van der Waals surface area contributed by atoms with Gasteiger partial charge in [0.2, 0.25) is 0 Å².